The number of carbonyl (C=O) groups excluding carboxylic acids is 2. The molecule has 3 amide bonds. The lowest BCUT2D eigenvalue weighted by Gasteiger charge is -2.24. The first-order chi connectivity index (χ1) is 13.6. The molecule has 28 heavy (non-hydrogen) atoms. The van der Waals surface area contributed by atoms with Gasteiger partial charge in [-0.3, -0.25) is 4.79 Å². The maximum atomic E-state index is 13.0. The zero-order valence-corrected chi connectivity index (χ0v) is 15.3. The number of hydrogen-bond acceptors (Lipinski definition) is 4. The Bertz CT molecular complexity index is 1030. The second-order valence-electron chi connectivity index (χ2n) is 6.47. The molecule has 0 saturated carbocycles. The molecule has 2 aromatic carbocycles. The second kappa shape index (κ2) is 7.11. The van der Waals surface area contributed by atoms with Crippen molar-refractivity contribution < 1.29 is 9.59 Å². The van der Waals surface area contributed by atoms with Crippen LogP contribution in [0.5, 0.6) is 0 Å². The molecular weight excluding hydrogens is 354 g/mol. The van der Waals surface area contributed by atoms with Crippen LogP contribution in [0.4, 0.5) is 4.79 Å². The Morgan fingerprint density at radius 1 is 1.07 bits per heavy atom. The van der Waals surface area contributed by atoms with Crippen LogP contribution in [0.2, 0.25) is 0 Å². The highest BCUT2D eigenvalue weighted by molar-refractivity contribution is 6.07. The highest BCUT2D eigenvalue weighted by atomic mass is 16.2. The zero-order valence-electron chi connectivity index (χ0n) is 15.3. The van der Waals surface area contributed by atoms with E-state index in [1.165, 1.54) is 6.21 Å². The lowest BCUT2D eigenvalue weighted by atomic mass is 9.87. The van der Waals surface area contributed by atoms with E-state index in [0.717, 1.165) is 16.3 Å². The molecule has 0 aliphatic carbocycles. The maximum absolute atomic E-state index is 13.0. The summed E-state index contributed by atoms with van der Waals surface area (Å²) in [5, 5.41) is 12.1. The molecule has 1 saturated heterocycles. The van der Waals surface area contributed by atoms with Crippen molar-refractivity contribution in [2.45, 2.75) is 18.9 Å². The molecule has 7 nitrogen and oxygen atoms in total. The normalized spacial score (nSPS) is 19.4. The molecule has 0 unspecified atom stereocenters. The summed E-state index contributed by atoms with van der Waals surface area (Å²) in [5.41, 5.74) is 1.24. The summed E-state index contributed by atoms with van der Waals surface area (Å²) in [7, 11) is 0. The zero-order chi connectivity index (χ0) is 19.6. The van der Waals surface area contributed by atoms with Gasteiger partial charge in [0.1, 0.15) is 5.54 Å². The molecular formula is C21H19N5O2. The van der Waals surface area contributed by atoms with E-state index in [2.05, 4.69) is 15.5 Å². The Labute approximate surface area is 162 Å². The van der Waals surface area contributed by atoms with Crippen LogP contribution in [-0.2, 0) is 10.3 Å². The molecule has 2 heterocycles. The molecule has 3 aromatic rings. The number of nitrogens with zero attached hydrogens (tertiary/aromatic N) is 4. The minimum absolute atomic E-state index is 0.391. The van der Waals surface area contributed by atoms with Crippen molar-refractivity contribution in [1.29, 1.82) is 0 Å². The van der Waals surface area contributed by atoms with E-state index in [9.17, 15) is 9.59 Å². The van der Waals surface area contributed by atoms with Crippen LogP contribution in [0.15, 0.2) is 78.2 Å². The van der Waals surface area contributed by atoms with E-state index < -0.39 is 17.5 Å². The third-order valence-electron chi connectivity index (χ3n) is 4.81. The van der Waals surface area contributed by atoms with Crippen molar-refractivity contribution >= 4 is 18.2 Å². The number of nitrogens with one attached hydrogen (secondary N) is 1. The minimum Gasteiger partial charge on any atom is -0.318 e. The molecule has 1 aliphatic heterocycles. The number of aromatic nitrogens is 2. The largest absolute Gasteiger partial charge is 0.346 e. The molecule has 140 valence electrons. The first-order valence-corrected chi connectivity index (χ1v) is 9.00. The van der Waals surface area contributed by atoms with Gasteiger partial charge in [0.2, 0.25) is 0 Å². The fourth-order valence-corrected chi connectivity index (χ4v) is 3.28. The van der Waals surface area contributed by atoms with E-state index in [1.54, 1.807) is 17.1 Å². The van der Waals surface area contributed by atoms with Crippen LogP contribution in [0.1, 0.15) is 24.5 Å². The predicted octanol–water partition coefficient (Wildman–Crippen LogP) is 3.06. The quantitative estimate of drug-likeness (QED) is 0.551. The predicted molar refractivity (Wildman–Crippen MR) is 105 cm³/mol. The number of amides is 3. The number of imide groups is 1. The van der Waals surface area contributed by atoms with Crippen molar-refractivity contribution in [3.8, 4) is 5.69 Å². The number of benzene rings is 2. The molecule has 4 rings (SSSR count). The number of para-hydroxylation sites is 1. The number of hydrazone groups is 1. The van der Waals surface area contributed by atoms with Crippen LogP contribution in [0, 0.1) is 0 Å². The average Bonchev–Trinajstić information content (AvgIpc) is 3.31. The first-order valence-electron chi connectivity index (χ1n) is 9.00. The van der Waals surface area contributed by atoms with E-state index in [4.69, 9.17) is 0 Å². The number of hydrogen-bond donors (Lipinski definition) is 1. The molecule has 1 N–H and O–H groups in total. The van der Waals surface area contributed by atoms with Crippen LogP contribution in [-0.4, -0.2) is 32.9 Å². The molecule has 1 fully saturated rings. The van der Waals surface area contributed by atoms with Crippen molar-refractivity contribution in [3.63, 3.8) is 0 Å². The Kier molecular flexibility index (Phi) is 4.49. The second-order valence-corrected chi connectivity index (χ2v) is 6.47. The van der Waals surface area contributed by atoms with Crippen molar-refractivity contribution in [2.75, 3.05) is 0 Å². The van der Waals surface area contributed by atoms with Crippen molar-refractivity contribution in [3.05, 3.63) is 84.2 Å². The summed E-state index contributed by atoms with van der Waals surface area (Å²) in [6.07, 6.45) is 5.29. The van der Waals surface area contributed by atoms with Gasteiger partial charge in [0.15, 0.2) is 0 Å². The van der Waals surface area contributed by atoms with E-state index in [0.29, 0.717) is 12.0 Å². The highest BCUT2D eigenvalue weighted by Gasteiger charge is 2.51. The van der Waals surface area contributed by atoms with Gasteiger partial charge in [0, 0.05) is 11.8 Å². The van der Waals surface area contributed by atoms with Gasteiger partial charge in [0.05, 0.1) is 18.1 Å². The lowest BCUT2D eigenvalue weighted by Crippen LogP contribution is -2.43. The van der Waals surface area contributed by atoms with Gasteiger partial charge < -0.3 is 5.32 Å². The minimum atomic E-state index is -1.09. The third-order valence-corrected chi connectivity index (χ3v) is 4.81. The molecule has 0 bridgehead atoms. The monoisotopic (exact) mass is 373 g/mol. The Balaban J connectivity index is 1.58. The summed E-state index contributed by atoms with van der Waals surface area (Å²) in [6.45, 7) is 1.86. The van der Waals surface area contributed by atoms with Crippen LogP contribution < -0.4 is 5.32 Å². The van der Waals surface area contributed by atoms with Gasteiger partial charge in [-0.25, -0.2) is 9.48 Å². The topological polar surface area (TPSA) is 79.6 Å². The summed E-state index contributed by atoms with van der Waals surface area (Å²) < 4.78 is 1.70. The van der Waals surface area contributed by atoms with Gasteiger partial charge in [-0.1, -0.05) is 55.5 Å². The molecule has 1 atom stereocenters. The summed E-state index contributed by atoms with van der Waals surface area (Å²) in [5.74, 6) is -0.391. The van der Waals surface area contributed by atoms with E-state index in [-0.39, 0.29) is 0 Å². The Morgan fingerprint density at radius 3 is 2.43 bits per heavy atom. The Hall–Kier alpha value is -3.74. The van der Waals surface area contributed by atoms with Gasteiger partial charge in [-0.15, -0.1) is 5.01 Å². The SMILES string of the molecule is CC[C@]1(c2ccccc2)NC(=O)N(/N=C\c2cnn(-c3ccccc3)c2)C1=O. The van der Waals surface area contributed by atoms with Crippen molar-refractivity contribution in [2.24, 2.45) is 5.10 Å². The molecule has 0 spiro atoms. The summed E-state index contributed by atoms with van der Waals surface area (Å²) in [4.78, 5) is 25.5. The van der Waals surface area contributed by atoms with Crippen LogP contribution >= 0.6 is 0 Å². The molecule has 7 heteroatoms. The van der Waals surface area contributed by atoms with E-state index in [1.807, 2.05) is 67.6 Å². The standard InChI is InChI=1S/C21H19N5O2/c1-2-21(17-9-5-3-6-10-17)19(27)26(20(28)24-21)23-14-16-13-22-25(15-16)18-11-7-4-8-12-18/h3-15H,2H2,1H3,(H,24,28)/b23-14-/t21-/m1/s1. The van der Waals surface area contributed by atoms with E-state index >= 15 is 0 Å². The molecule has 1 aliphatic rings. The van der Waals surface area contributed by atoms with Crippen LogP contribution in [0.25, 0.3) is 5.69 Å². The number of carbonyl (C=O) groups is 2. The van der Waals surface area contributed by atoms with Gasteiger partial charge >= 0.3 is 6.03 Å². The average molecular weight is 373 g/mol. The third kappa shape index (κ3) is 2.96. The smallest absolute Gasteiger partial charge is 0.318 e. The van der Waals surface area contributed by atoms with Gasteiger partial charge in [-0.2, -0.15) is 10.2 Å². The fourth-order valence-electron chi connectivity index (χ4n) is 3.28. The fraction of sp³-hybridized carbons (Fsp3) is 0.143. The number of rotatable bonds is 5. The molecule has 0 radical (unpaired) electrons. The maximum Gasteiger partial charge on any atom is 0.346 e. The highest BCUT2D eigenvalue weighted by Crippen LogP contribution is 2.32. The Morgan fingerprint density at radius 2 is 1.75 bits per heavy atom. The summed E-state index contributed by atoms with van der Waals surface area (Å²) in [6, 6.07) is 18.3. The summed E-state index contributed by atoms with van der Waals surface area (Å²) >= 11 is 0. The lowest BCUT2D eigenvalue weighted by molar-refractivity contribution is -0.131. The van der Waals surface area contributed by atoms with Gasteiger partial charge in [0.25, 0.3) is 5.91 Å². The molecule has 1 aromatic heterocycles. The number of urea groups is 1. The van der Waals surface area contributed by atoms with Crippen molar-refractivity contribution in [1.82, 2.24) is 20.1 Å². The van der Waals surface area contributed by atoms with Gasteiger partial charge in [-0.05, 0) is 24.1 Å². The first kappa shape index (κ1) is 17.7. The van der Waals surface area contributed by atoms with Crippen LogP contribution in [0.3, 0.4) is 0 Å².